The summed E-state index contributed by atoms with van der Waals surface area (Å²) in [6.45, 7) is 3.96. The fourth-order valence-corrected chi connectivity index (χ4v) is 1.60. The van der Waals surface area contributed by atoms with Gasteiger partial charge in [0.05, 0.1) is 24.1 Å². The first-order chi connectivity index (χ1) is 8.16. The van der Waals surface area contributed by atoms with E-state index in [1.807, 2.05) is 19.9 Å². The lowest BCUT2D eigenvalue weighted by atomic mass is 10.1. The number of halogens is 1. The standard InChI is InChI=1S/C13H14FN3/c1-9-3-4-15-8-13(9)17-10(2)11-5-12(14)7-16-6-11/h3-8,10,17H,1-2H3. The first kappa shape index (κ1) is 11.5. The minimum atomic E-state index is -0.320. The topological polar surface area (TPSA) is 37.8 Å². The van der Waals surface area contributed by atoms with Gasteiger partial charge in [-0.2, -0.15) is 0 Å². The van der Waals surface area contributed by atoms with Gasteiger partial charge in [0, 0.05) is 12.4 Å². The number of hydrogen-bond acceptors (Lipinski definition) is 3. The molecule has 2 aromatic rings. The van der Waals surface area contributed by atoms with Gasteiger partial charge in [-0.15, -0.1) is 0 Å². The number of aromatic nitrogens is 2. The average molecular weight is 231 g/mol. The normalized spacial score (nSPS) is 12.2. The zero-order valence-corrected chi connectivity index (χ0v) is 9.81. The number of nitrogens with one attached hydrogen (secondary N) is 1. The molecule has 0 aliphatic heterocycles. The average Bonchev–Trinajstić information content (AvgIpc) is 2.32. The van der Waals surface area contributed by atoms with Crippen LogP contribution in [0, 0.1) is 12.7 Å². The van der Waals surface area contributed by atoms with Gasteiger partial charge >= 0.3 is 0 Å². The highest BCUT2D eigenvalue weighted by atomic mass is 19.1. The van der Waals surface area contributed by atoms with Crippen molar-refractivity contribution in [3.05, 3.63) is 53.9 Å². The molecule has 0 fully saturated rings. The molecule has 17 heavy (non-hydrogen) atoms. The third-order valence-electron chi connectivity index (χ3n) is 2.64. The SMILES string of the molecule is Cc1ccncc1NC(C)c1cncc(F)c1. The van der Waals surface area contributed by atoms with Crippen molar-refractivity contribution in [2.24, 2.45) is 0 Å². The second-order valence-electron chi connectivity index (χ2n) is 3.99. The van der Waals surface area contributed by atoms with Crippen molar-refractivity contribution in [3.8, 4) is 0 Å². The highest BCUT2D eigenvalue weighted by Crippen LogP contribution is 2.20. The van der Waals surface area contributed by atoms with Gasteiger partial charge in [0.25, 0.3) is 0 Å². The Morgan fingerprint density at radius 1 is 1.24 bits per heavy atom. The van der Waals surface area contributed by atoms with Crippen molar-refractivity contribution >= 4 is 5.69 Å². The number of anilines is 1. The quantitative estimate of drug-likeness (QED) is 0.882. The van der Waals surface area contributed by atoms with Gasteiger partial charge in [0.1, 0.15) is 5.82 Å². The summed E-state index contributed by atoms with van der Waals surface area (Å²) in [4.78, 5) is 7.90. The molecule has 0 saturated heterocycles. The first-order valence-electron chi connectivity index (χ1n) is 5.44. The van der Waals surface area contributed by atoms with Gasteiger partial charge in [0.2, 0.25) is 0 Å². The molecule has 1 unspecified atom stereocenters. The summed E-state index contributed by atoms with van der Waals surface area (Å²) in [7, 11) is 0. The lowest BCUT2D eigenvalue weighted by Gasteiger charge is -2.16. The highest BCUT2D eigenvalue weighted by Gasteiger charge is 2.08. The molecular formula is C13H14FN3. The second-order valence-corrected chi connectivity index (χ2v) is 3.99. The Labute approximate surface area is 99.7 Å². The molecule has 4 heteroatoms. The largest absolute Gasteiger partial charge is 0.377 e. The molecule has 0 aromatic carbocycles. The number of nitrogens with zero attached hydrogens (tertiary/aromatic N) is 2. The fraction of sp³-hybridized carbons (Fsp3) is 0.231. The molecule has 0 aliphatic carbocycles. The lowest BCUT2D eigenvalue weighted by Crippen LogP contribution is -2.08. The van der Waals surface area contributed by atoms with Crippen LogP contribution in [0.15, 0.2) is 36.9 Å². The number of hydrogen-bond donors (Lipinski definition) is 1. The van der Waals surface area contributed by atoms with E-state index in [1.54, 1.807) is 18.6 Å². The summed E-state index contributed by atoms with van der Waals surface area (Å²) in [5.41, 5.74) is 2.87. The van der Waals surface area contributed by atoms with Crippen molar-refractivity contribution in [2.45, 2.75) is 19.9 Å². The summed E-state index contributed by atoms with van der Waals surface area (Å²) in [6, 6.07) is 3.40. The predicted octanol–water partition coefficient (Wildman–Crippen LogP) is 3.10. The van der Waals surface area contributed by atoms with Gasteiger partial charge in [0.15, 0.2) is 0 Å². The first-order valence-corrected chi connectivity index (χ1v) is 5.44. The number of rotatable bonds is 3. The van der Waals surface area contributed by atoms with Crippen molar-refractivity contribution in [1.29, 1.82) is 0 Å². The van der Waals surface area contributed by atoms with Gasteiger partial charge in [-0.25, -0.2) is 4.39 Å². The molecule has 0 saturated carbocycles. The zero-order valence-electron chi connectivity index (χ0n) is 9.81. The van der Waals surface area contributed by atoms with E-state index in [-0.39, 0.29) is 11.9 Å². The zero-order chi connectivity index (χ0) is 12.3. The van der Waals surface area contributed by atoms with Crippen LogP contribution in [-0.2, 0) is 0 Å². The van der Waals surface area contributed by atoms with Crippen LogP contribution in [-0.4, -0.2) is 9.97 Å². The van der Waals surface area contributed by atoms with Crippen molar-refractivity contribution in [2.75, 3.05) is 5.32 Å². The lowest BCUT2D eigenvalue weighted by molar-refractivity contribution is 0.616. The van der Waals surface area contributed by atoms with E-state index < -0.39 is 0 Å². The van der Waals surface area contributed by atoms with Crippen LogP contribution in [0.2, 0.25) is 0 Å². The summed E-state index contributed by atoms with van der Waals surface area (Å²) in [5.74, 6) is -0.320. The molecule has 0 amide bonds. The van der Waals surface area contributed by atoms with Gasteiger partial charge in [-0.3, -0.25) is 9.97 Å². The van der Waals surface area contributed by atoms with Crippen LogP contribution in [0.1, 0.15) is 24.1 Å². The van der Waals surface area contributed by atoms with Crippen molar-refractivity contribution in [3.63, 3.8) is 0 Å². The van der Waals surface area contributed by atoms with Crippen LogP contribution in [0.4, 0.5) is 10.1 Å². The molecule has 0 radical (unpaired) electrons. The van der Waals surface area contributed by atoms with E-state index >= 15 is 0 Å². The van der Waals surface area contributed by atoms with E-state index in [0.29, 0.717) is 0 Å². The van der Waals surface area contributed by atoms with E-state index in [2.05, 4.69) is 15.3 Å². The Bertz CT molecular complexity index is 514. The van der Waals surface area contributed by atoms with Crippen LogP contribution in [0.5, 0.6) is 0 Å². The molecule has 3 nitrogen and oxygen atoms in total. The van der Waals surface area contributed by atoms with Crippen LogP contribution >= 0.6 is 0 Å². The molecule has 2 aromatic heterocycles. The van der Waals surface area contributed by atoms with Crippen LogP contribution in [0.3, 0.4) is 0 Å². The predicted molar refractivity (Wildman–Crippen MR) is 65.2 cm³/mol. The van der Waals surface area contributed by atoms with E-state index in [1.165, 1.54) is 12.3 Å². The van der Waals surface area contributed by atoms with Crippen molar-refractivity contribution < 1.29 is 4.39 Å². The Hall–Kier alpha value is -1.97. The molecule has 2 heterocycles. The molecule has 88 valence electrons. The highest BCUT2D eigenvalue weighted by molar-refractivity contribution is 5.49. The Kier molecular flexibility index (Phi) is 3.32. The van der Waals surface area contributed by atoms with Gasteiger partial charge in [-0.05, 0) is 37.1 Å². The maximum atomic E-state index is 13.0. The van der Waals surface area contributed by atoms with E-state index in [4.69, 9.17) is 0 Å². The van der Waals surface area contributed by atoms with Crippen LogP contribution < -0.4 is 5.32 Å². The molecule has 1 N–H and O–H groups in total. The minimum absolute atomic E-state index is 0.0129. The Morgan fingerprint density at radius 2 is 2.06 bits per heavy atom. The number of aryl methyl sites for hydroxylation is 1. The smallest absolute Gasteiger partial charge is 0.141 e. The monoisotopic (exact) mass is 231 g/mol. The molecule has 2 rings (SSSR count). The van der Waals surface area contributed by atoms with Crippen molar-refractivity contribution in [1.82, 2.24) is 9.97 Å². The second kappa shape index (κ2) is 4.91. The minimum Gasteiger partial charge on any atom is -0.377 e. The molecule has 0 aliphatic rings. The Balaban J connectivity index is 2.17. The van der Waals surface area contributed by atoms with E-state index in [9.17, 15) is 4.39 Å². The third kappa shape index (κ3) is 2.78. The molecule has 0 bridgehead atoms. The van der Waals surface area contributed by atoms with E-state index in [0.717, 1.165) is 16.8 Å². The van der Waals surface area contributed by atoms with Gasteiger partial charge in [-0.1, -0.05) is 0 Å². The molecule has 1 atom stereocenters. The summed E-state index contributed by atoms with van der Waals surface area (Å²) >= 11 is 0. The Morgan fingerprint density at radius 3 is 2.76 bits per heavy atom. The fourth-order valence-electron chi connectivity index (χ4n) is 1.60. The van der Waals surface area contributed by atoms with Gasteiger partial charge < -0.3 is 5.32 Å². The maximum Gasteiger partial charge on any atom is 0.141 e. The summed E-state index contributed by atoms with van der Waals surface area (Å²) < 4.78 is 13.0. The summed E-state index contributed by atoms with van der Waals surface area (Å²) in [5, 5.41) is 3.28. The number of pyridine rings is 2. The van der Waals surface area contributed by atoms with Crippen LogP contribution in [0.25, 0.3) is 0 Å². The summed E-state index contributed by atoms with van der Waals surface area (Å²) in [6.07, 6.45) is 6.37. The third-order valence-corrected chi connectivity index (χ3v) is 2.64. The molecule has 0 spiro atoms. The molecular weight excluding hydrogens is 217 g/mol. The maximum absolute atomic E-state index is 13.0.